The van der Waals surface area contributed by atoms with E-state index in [0.29, 0.717) is 5.69 Å². The first-order valence-electron chi connectivity index (χ1n) is 5.84. The summed E-state index contributed by atoms with van der Waals surface area (Å²) in [6.45, 7) is 5.45. The number of hydrogen-bond donors (Lipinski definition) is 2. The van der Waals surface area contributed by atoms with Crippen LogP contribution in [0.25, 0.3) is 0 Å². The third-order valence-electron chi connectivity index (χ3n) is 3.11. The van der Waals surface area contributed by atoms with Crippen molar-refractivity contribution in [1.82, 2.24) is 9.88 Å². The summed E-state index contributed by atoms with van der Waals surface area (Å²) in [7, 11) is 0. The lowest BCUT2D eigenvalue weighted by Crippen LogP contribution is -2.20. The molecule has 0 aromatic carbocycles. The van der Waals surface area contributed by atoms with Gasteiger partial charge in [0.1, 0.15) is 5.69 Å². The normalized spacial score (nSPS) is 21.9. The Morgan fingerprint density at radius 2 is 2.53 bits per heavy atom. The highest BCUT2D eigenvalue weighted by Gasteiger charge is 2.18. The Morgan fingerprint density at radius 3 is 3.18 bits per heavy atom. The molecule has 17 heavy (non-hydrogen) atoms. The number of nitrogens with zero attached hydrogens (tertiary/aromatic N) is 3. The van der Waals surface area contributed by atoms with Gasteiger partial charge in [-0.3, -0.25) is 9.88 Å². The Labute approximate surface area is 101 Å². The Bertz CT molecular complexity index is 419. The zero-order chi connectivity index (χ0) is 12.3. The van der Waals surface area contributed by atoms with Crippen molar-refractivity contribution in [3.8, 4) is 0 Å². The van der Waals surface area contributed by atoms with Crippen molar-refractivity contribution in [1.29, 1.82) is 0 Å². The van der Waals surface area contributed by atoms with Gasteiger partial charge in [0.05, 0.1) is 0 Å². The Hall–Kier alpha value is -1.62. The van der Waals surface area contributed by atoms with Gasteiger partial charge in [-0.25, -0.2) is 0 Å². The van der Waals surface area contributed by atoms with Gasteiger partial charge in [0.2, 0.25) is 0 Å². The van der Waals surface area contributed by atoms with E-state index in [-0.39, 0.29) is 5.84 Å². The summed E-state index contributed by atoms with van der Waals surface area (Å²) in [5.41, 5.74) is 7.19. The van der Waals surface area contributed by atoms with Gasteiger partial charge >= 0.3 is 0 Å². The minimum Gasteiger partial charge on any atom is -0.409 e. The third kappa shape index (κ3) is 2.94. The average Bonchev–Trinajstić information content (AvgIpc) is 2.74. The second kappa shape index (κ2) is 5.14. The number of oxime groups is 1. The van der Waals surface area contributed by atoms with Gasteiger partial charge in [-0.05, 0) is 36.6 Å². The number of aromatic nitrogens is 1. The van der Waals surface area contributed by atoms with Crippen molar-refractivity contribution >= 4 is 5.84 Å². The van der Waals surface area contributed by atoms with E-state index in [0.717, 1.165) is 31.1 Å². The van der Waals surface area contributed by atoms with Crippen LogP contribution < -0.4 is 5.73 Å². The van der Waals surface area contributed by atoms with E-state index >= 15 is 0 Å². The molecule has 1 saturated heterocycles. The predicted molar refractivity (Wildman–Crippen MR) is 65.8 cm³/mol. The first-order chi connectivity index (χ1) is 8.19. The molecule has 1 aromatic rings. The number of nitrogens with two attached hydrogens (primary N) is 1. The molecular weight excluding hydrogens is 216 g/mol. The van der Waals surface area contributed by atoms with E-state index in [1.54, 1.807) is 6.20 Å². The first kappa shape index (κ1) is 11.9. The van der Waals surface area contributed by atoms with E-state index in [4.69, 9.17) is 10.9 Å². The summed E-state index contributed by atoms with van der Waals surface area (Å²) < 4.78 is 0. The average molecular weight is 234 g/mol. The maximum absolute atomic E-state index is 8.61. The van der Waals surface area contributed by atoms with E-state index < -0.39 is 0 Å². The maximum Gasteiger partial charge on any atom is 0.188 e. The number of hydrogen-bond acceptors (Lipinski definition) is 4. The molecule has 0 saturated carbocycles. The van der Waals surface area contributed by atoms with Crippen molar-refractivity contribution in [3.63, 3.8) is 0 Å². The molecule has 1 fully saturated rings. The molecule has 0 radical (unpaired) electrons. The molecule has 1 atom stereocenters. The second-order valence-electron chi connectivity index (χ2n) is 4.66. The first-order valence-corrected chi connectivity index (χ1v) is 5.84. The fraction of sp³-hybridized carbons (Fsp3) is 0.500. The number of rotatable bonds is 3. The molecule has 1 unspecified atom stereocenters. The lowest BCUT2D eigenvalue weighted by Gasteiger charge is -2.15. The van der Waals surface area contributed by atoms with Gasteiger partial charge in [0, 0.05) is 19.3 Å². The Kier molecular flexibility index (Phi) is 3.58. The van der Waals surface area contributed by atoms with E-state index in [1.165, 1.54) is 6.42 Å². The zero-order valence-electron chi connectivity index (χ0n) is 10.0. The van der Waals surface area contributed by atoms with Crippen LogP contribution in [-0.2, 0) is 6.54 Å². The van der Waals surface area contributed by atoms with Crippen LogP contribution >= 0.6 is 0 Å². The van der Waals surface area contributed by atoms with Crippen molar-refractivity contribution in [2.24, 2.45) is 16.8 Å². The molecule has 1 aromatic heterocycles. The van der Waals surface area contributed by atoms with Crippen LogP contribution in [0.1, 0.15) is 24.6 Å². The fourth-order valence-electron chi connectivity index (χ4n) is 2.19. The predicted octanol–water partition coefficient (Wildman–Crippen LogP) is 1.02. The third-order valence-corrected chi connectivity index (χ3v) is 3.11. The summed E-state index contributed by atoms with van der Waals surface area (Å²) >= 11 is 0. The summed E-state index contributed by atoms with van der Waals surface area (Å²) in [5.74, 6) is 0.835. The van der Waals surface area contributed by atoms with E-state index in [1.807, 2.05) is 12.1 Å². The molecule has 0 spiro atoms. The van der Waals surface area contributed by atoms with Crippen LogP contribution in [0.4, 0.5) is 0 Å². The van der Waals surface area contributed by atoms with Gasteiger partial charge in [-0.2, -0.15) is 0 Å². The smallest absolute Gasteiger partial charge is 0.188 e. The molecule has 0 bridgehead atoms. The second-order valence-corrected chi connectivity index (χ2v) is 4.66. The number of amidine groups is 1. The molecule has 0 amide bonds. The molecular formula is C12H18N4O. The Balaban J connectivity index is 2.06. The van der Waals surface area contributed by atoms with Gasteiger partial charge in [-0.1, -0.05) is 12.1 Å². The highest BCUT2D eigenvalue weighted by Crippen LogP contribution is 2.17. The lowest BCUT2D eigenvalue weighted by atomic mass is 10.2. The van der Waals surface area contributed by atoms with Crippen LogP contribution in [0, 0.1) is 5.92 Å². The topological polar surface area (TPSA) is 74.7 Å². The molecule has 1 aliphatic heterocycles. The summed E-state index contributed by atoms with van der Waals surface area (Å²) in [4.78, 5) is 6.48. The van der Waals surface area contributed by atoms with Gasteiger partial charge in [0.25, 0.3) is 0 Å². The highest BCUT2D eigenvalue weighted by atomic mass is 16.4. The number of likely N-dealkylation sites (tertiary alicyclic amines) is 1. The van der Waals surface area contributed by atoms with Crippen LogP contribution in [0.15, 0.2) is 23.5 Å². The van der Waals surface area contributed by atoms with Crippen molar-refractivity contribution in [3.05, 3.63) is 29.6 Å². The molecule has 5 nitrogen and oxygen atoms in total. The van der Waals surface area contributed by atoms with Crippen LogP contribution in [0.5, 0.6) is 0 Å². The minimum absolute atomic E-state index is 0.0571. The van der Waals surface area contributed by atoms with Crippen LogP contribution in [0.3, 0.4) is 0 Å². The Morgan fingerprint density at radius 1 is 1.71 bits per heavy atom. The summed E-state index contributed by atoms with van der Waals surface area (Å²) in [5, 5.41) is 11.6. The summed E-state index contributed by atoms with van der Waals surface area (Å²) in [6, 6.07) is 3.84. The fourth-order valence-corrected chi connectivity index (χ4v) is 2.19. The van der Waals surface area contributed by atoms with E-state index in [2.05, 4.69) is 22.0 Å². The molecule has 2 heterocycles. The molecule has 92 valence electrons. The van der Waals surface area contributed by atoms with Crippen LogP contribution in [-0.4, -0.2) is 34.0 Å². The standard InChI is InChI=1S/C12H18N4O/c1-9-3-5-16(7-9)8-10-2-4-14-11(6-10)12(13)15-17/h2,4,6,9,17H,3,5,7-8H2,1H3,(H2,13,15). The molecule has 1 aliphatic rings. The van der Waals surface area contributed by atoms with E-state index in [9.17, 15) is 0 Å². The maximum atomic E-state index is 8.61. The molecule has 3 N–H and O–H groups in total. The van der Waals surface area contributed by atoms with Crippen molar-refractivity contribution in [2.45, 2.75) is 19.9 Å². The van der Waals surface area contributed by atoms with Crippen molar-refractivity contribution < 1.29 is 5.21 Å². The lowest BCUT2D eigenvalue weighted by molar-refractivity contribution is 0.318. The molecule has 2 rings (SSSR count). The summed E-state index contributed by atoms with van der Waals surface area (Å²) in [6.07, 6.45) is 2.96. The van der Waals surface area contributed by atoms with Crippen LogP contribution in [0.2, 0.25) is 0 Å². The quantitative estimate of drug-likeness (QED) is 0.354. The van der Waals surface area contributed by atoms with Gasteiger partial charge in [-0.15, -0.1) is 0 Å². The molecule has 5 heteroatoms. The monoisotopic (exact) mass is 234 g/mol. The highest BCUT2D eigenvalue weighted by molar-refractivity contribution is 5.95. The minimum atomic E-state index is 0.0571. The van der Waals surface area contributed by atoms with Gasteiger partial charge < -0.3 is 10.9 Å². The van der Waals surface area contributed by atoms with Crippen molar-refractivity contribution in [2.75, 3.05) is 13.1 Å². The van der Waals surface area contributed by atoms with Gasteiger partial charge in [0.15, 0.2) is 5.84 Å². The SMILES string of the molecule is CC1CCN(Cc2ccnc(C(N)=NO)c2)C1. The zero-order valence-corrected chi connectivity index (χ0v) is 10.0. The number of pyridine rings is 1. The largest absolute Gasteiger partial charge is 0.409 e. The molecule has 0 aliphatic carbocycles.